The third-order valence-corrected chi connectivity index (χ3v) is 2.50. The van der Waals surface area contributed by atoms with Gasteiger partial charge < -0.3 is 14.9 Å². The lowest BCUT2D eigenvalue weighted by Crippen LogP contribution is -2.27. The minimum atomic E-state index is -1.19. The molecule has 0 aliphatic carbocycles. The van der Waals surface area contributed by atoms with Gasteiger partial charge in [0.1, 0.15) is 5.75 Å². The van der Waals surface area contributed by atoms with E-state index in [0.29, 0.717) is 6.42 Å². The van der Waals surface area contributed by atoms with Crippen LogP contribution in [0, 0.1) is 10.1 Å². The molecule has 1 aromatic carbocycles. The maximum Gasteiger partial charge on any atom is 0.344 e. The zero-order valence-corrected chi connectivity index (χ0v) is 10.4. The SMILES string of the molecule is CCCCC(Oc1cc(O)ccc1[N+](=O)[O-])C(=O)O. The second kappa shape index (κ2) is 6.58. The molecule has 0 radical (unpaired) electrons. The van der Waals surface area contributed by atoms with Crippen LogP contribution >= 0.6 is 0 Å². The Morgan fingerprint density at radius 3 is 2.74 bits per heavy atom. The molecule has 7 nitrogen and oxygen atoms in total. The number of aliphatic carboxylic acids is 1. The molecule has 2 N–H and O–H groups in total. The van der Waals surface area contributed by atoms with Crippen LogP contribution < -0.4 is 4.74 Å². The van der Waals surface area contributed by atoms with Gasteiger partial charge in [0.2, 0.25) is 5.75 Å². The number of aromatic hydroxyl groups is 1. The van der Waals surface area contributed by atoms with E-state index in [-0.39, 0.29) is 23.6 Å². The molecular weight excluding hydrogens is 254 g/mol. The van der Waals surface area contributed by atoms with Gasteiger partial charge in [0.25, 0.3) is 0 Å². The first-order chi connectivity index (χ1) is 8.95. The lowest BCUT2D eigenvalue weighted by molar-refractivity contribution is -0.386. The Labute approximate surface area is 109 Å². The van der Waals surface area contributed by atoms with E-state index in [1.165, 1.54) is 0 Å². The van der Waals surface area contributed by atoms with Gasteiger partial charge in [-0.15, -0.1) is 0 Å². The number of carboxylic acid groups (broad SMARTS) is 1. The van der Waals surface area contributed by atoms with Crippen molar-refractivity contribution in [1.82, 2.24) is 0 Å². The first-order valence-electron chi connectivity index (χ1n) is 5.82. The molecule has 0 saturated carbocycles. The van der Waals surface area contributed by atoms with E-state index in [9.17, 15) is 20.0 Å². The number of nitro groups is 1. The Kier molecular flexibility index (Phi) is 5.11. The van der Waals surface area contributed by atoms with Crippen molar-refractivity contribution >= 4 is 11.7 Å². The number of phenolic OH excluding ortho intramolecular Hbond substituents is 1. The van der Waals surface area contributed by atoms with Gasteiger partial charge in [-0.25, -0.2) is 4.79 Å². The second-order valence-corrected chi connectivity index (χ2v) is 4.00. The number of phenols is 1. The molecule has 0 amide bonds. The van der Waals surface area contributed by atoms with Gasteiger partial charge in [0, 0.05) is 12.1 Å². The molecule has 104 valence electrons. The molecule has 19 heavy (non-hydrogen) atoms. The minimum Gasteiger partial charge on any atom is -0.508 e. The van der Waals surface area contributed by atoms with Crippen LogP contribution in [-0.4, -0.2) is 27.2 Å². The highest BCUT2D eigenvalue weighted by Gasteiger charge is 2.24. The first-order valence-corrected chi connectivity index (χ1v) is 5.82. The average Bonchev–Trinajstić information content (AvgIpc) is 2.33. The topological polar surface area (TPSA) is 110 Å². The summed E-state index contributed by atoms with van der Waals surface area (Å²) in [5.41, 5.74) is -0.374. The molecule has 0 spiro atoms. The van der Waals surface area contributed by atoms with E-state index in [4.69, 9.17) is 9.84 Å². The van der Waals surface area contributed by atoms with Crippen molar-refractivity contribution in [1.29, 1.82) is 0 Å². The molecule has 0 aliphatic rings. The zero-order chi connectivity index (χ0) is 14.4. The number of unbranched alkanes of at least 4 members (excludes halogenated alkanes) is 1. The minimum absolute atomic E-state index is 0.222. The van der Waals surface area contributed by atoms with Crippen LogP contribution in [0.15, 0.2) is 18.2 Å². The molecule has 0 fully saturated rings. The maximum absolute atomic E-state index is 11.0. The Hall–Kier alpha value is -2.31. The van der Waals surface area contributed by atoms with Crippen molar-refractivity contribution in [3.05, 3.63) is 28.3 Å². The monoisotopic (exact) mass is 269 g/mol. The fourth-order valence-corrected chi connectivity index (χ4v) is 1.52. The number of ether oxygens (including phenoxy) is 1. The van der Waals surface area contributed by atoms with Crippen molar-refractivity contribution in [2.24, 2.45) is 0 Å². The number of rotatable bonds is 7. The van der Waals surface area contributed by atoms with Crippen LogP contribution in [-0.2, 0) is 4.79 Å². The van der Waals surface area contributed by atoms with E-state index >= 15 is 0 Å². The summed E-state index contributed by atoms with van der Waals surface area (Å²) >= 11 is 0. The van der Waals surface area contributed by atoms with Gasteiger partial charge in [-0.3, -0.25) is 10.1 Å². The normalized spacial score (nSPS) is 11.8. The van der Waals surface area contributed by atoms with Crippen molar-refractivity contribution in [3.63, 3.8) is 0 Å². The third kappa shape index (κ3) is 4.13. The van der Waals surface area contributed by atoms with Crippen molar-refractivity contribution in [3.8, 4) is 11.5 Å². The highest BCUT2D eigenvalue weighted by atomic mass is 16.6. The summed E-state index contributed by atoms with van der Waals surface area (Å²) in [4.78, 5) is 21.1. The van der Waals surface area contributed by atoms with E-state index in [2.05, 4.69) is 0 Å². The summed E-state index contributed by atoms with van der Waals surface area (Å²) < 4.78 is 5.15. The molecule has 0 heterocycles. The quantitative estimate of drug-likeness (QED) is 0.580. The maximum atomic E-state index is 11.0. The van der Waals surface area contributed by atoms with Crippen LogP contribution in [0.25, 0.3) is 0 Å². The van der Waals surface area contributed by atoms with Crippen molar-refractivity contribution in [2.75, 3.05) is 0 Å². The smallest absolute Gasteiger partial charge is 0.344 e. The standard InChI is InChI=1S/C12H15NO6/c1-2-3-4-10(12(15)16)19-11-7-8(14)5-6-9(11)13(17)18/h5-7,10,14H,2-4H2,1H3,(H,15,16). The average molecular weight is 269 g/mol. The molecule has 0 saturated heterocycles. The Balaban J connectivity index is 2.97. The third-order valence-electron chi connectivity index (χ3n) is 2.50. The van der Waals surface area contributed by atoms with Gasteiger partial charge >= 0.3 is 11.7 Å². The molecular formula is C12H15NO6. The summed E-state index contributed by atoms with van der Waals surface area (Å²) in [7, 11) is 0. The summed E-state index contributed by atoms with van der Waals surface area (Å²) in [6.07, 6.45) is 0.498. The number of hydrogen-bond donors (Lipinski definition) is 2. The van der Waals surface area contributed by atoms with E-state index < -0.39 is 17.0 Å². The van der Waals surface area contributed by atoms with Crippen molar-refractivity contribution in [2.45, 2.75) is 32.3 Å². The number of nitro benzene ring substituents is 1. The van der Waals surface area contributed by atoms with E-state index in [1.807, 2.05) is 6.92 Å². The summed E-state index contributed by atoms with van der Waals surface area (Å²) in [6, 6.07) is 3.26. The number of benzene rings is 1. The van der Waals surface area contributed by atoms with Crippen LogP contribution in [0.5, 0.6) is 11.5 Å². The van der Waals surface area contributed by atoms with E-state index in [1.54, 1.807) is 0 Å². The highest BCUT2D eigenvalue weighted by molar-refractivity contribution is 5.73. The van der Waals surface area contributed by atoms with E-state index in [0.717, 1.165) is 24.6 Å². The van der Waals surface area contributed by atoms with Crippen molar-refractivity contribution < 1.29 is 24.7 Å². The first kappa shape index (κ1) is 14.7. The van der Waals surface area contributed by atoms with Gasteiger partial charge in [-0.2, -0.15) is 0 Å². The van der Waals surface area contributed by atoms with Gasteiger partial charge in [-0.1, -0.05) is 13.3 Å². The molecule has 0 bridgehead atoms. The lowest BCUT2D eigenvalue weighted by atomic mass is 10.1. The van der Waals surface area contributed by atoms with Crippen LogP contribution in [0.2, 0.25) is 0 Å². The molecule has 7 heteroatoms. The molecule has 1 atom stereocenters. The Morgan fingerprint density at radius 1 is 1.53 bits per heavy atom. The zero-order valence-electron chi connectivity index (χ0n) is 10.4. The number of carboxylic acids is 1. The lowest BCUT2D eigenvalue weighted by Gasteiger charge is -2.14. The predicted molar refractivity (Wildman–Crippen MR) is 66.3 cm³/mol. The summed E-state index contributed by atoms with van der Waals surface area (Å²) in [6.45, 7) is 1.90. The van der Waals surface area contributed by atoms with Crippen LogP contribution in [0.3, 0.4) is 0 Å². The van der Waals surface area contributed by atoms with Gasteiger partial charge in [-0.05, 0) is 18.9 Å². The summed E-state index contributed by atoms with van der Waals surface area (Å²) in [5, 5.41) is 29.1. The molecule has 0 aromatic heterocycles. The fraction of sp³-hybridized carbons (Fsp3) is 0.417. The molecule has 1 rings (SSSR count). The van der Waals surface area contributed by atoms with Gasteiger partial charge in [0.15, 0.2) is 6.10 Å². The number of carbonyl (C=O) groups is 1. The Morgan fingerprint density at radius 2 is 2.21 bits per heavy atom. The number of hydrogen-bond acceptors (Lipinski definition) is 5. The fourth-order valence-electron chi connectivity index (χ4n) is 1.52. The largest absolute Gasteiger partial charge is 0.508 e. The van der Waals surface area contributed by atoms with Crippen LogP contribution in [0.1, 0.15) is 26.2 Å². The second-order valence-electron chi connectivity index (χ2n) is 4.00. The molecule has 1 aromatic rings. The Bertz CT molecular complexity index is 473. The molecule has 1 unspecified atom stereocenters. The highest BCUT2D eigenvalue weighted by Crippen LogP contribution is 2.31. The summed E-state index contributed by atoms with van der Waals surface area (Å²) in [5.74, 6) is -1.65. The predicted octanol–water partition coefficient (Wildman–Crippen LogP) is 2.32. The van der Waals surface area contributed by atoms with Crippen LogP contribution in [0.4, 0.5) is 5.69 Å². The molecule has 0 aliphatic heterocycles. The number of nitrogens with zero attached hydrogens (tertiary/aromatic N) is 1. The van der Waals surface area contributed by atoms with Gasteiger partial charge in [0.05, 0.1) is 4.92 Å².